The van der Waals surface area contributed by atoms with Crippen molar-refractivity contribution in [3.05, 3.63) is 23.6 Å². The van der Waals surface area contributed by atoms with Crippen molar-refractivity contribution >= 4 is 17.2 Å². The van der Waals surface area contributed by atoms with Crippen molar-refractivity contribution in [1.82, 2.24) is 25.2 Å². The number of hydrogen-bond donors (Lipinski definition) is 1. The zero-order chi connectivity index (χ0) is 16.8. The lowest BCUT2D eigenvalue weighted by molar-refractivity contribution is 0.0949. The predicted molar refractivity (Wildman–Crippen MR) is 92.3 cm³/mol. The molecule has 3 rings (SSSR count). The number of likely N-dealkylation sites (tertiary alicyclic amines) is 1. The van der Waals surface area contributed by atoms with Crippen molar-refractivity contribution in [3.63, 3.8) is 0 Å². The second kappa shape index (κ2) is 8.16. The summed E-state index contributed by atoms with van der Waals surface area (Å²) in [5.74, 6) is 0.333. The number of nitrogens with one attached hydrogen (secondary N) is 1. The van der Waals surface area contributed by atoms with Crippen molar-refractivity contribution in [2.75, 3.05) is 32.8 Å². The highest BCUT2D eigenvalue weighted by molar-refractivity contribution is 7.16. The summed E-state index contributed by atoms with van der Waals surface area (Å²) in [4.78, 5) is 28.0. The van der Waals surface area contributed by atoms with Crippen molar-refractivity contribution in [3.8, 4) is 16.5 Å². The van der Waals surface area contributed by atoms with Crippen molar-refractivity contribution in [2.45, 2.75) is 19.8 Å². The van der Waals surface area contributed by atoms with E-state index in [1.54, 1.807) is 18.6 Å². The summed E-state index contributed by atoms with van der Waals surface area (Å²) in [7, 11) is 0. The molecule has 8 heteroatoms. The van der Waals surface area contributed by atoms with E-state index in [1.807, 2.05) is 6.92 Å². The SMILES string of the molecule is CCOc1cncc(-c2cnc(C(=O)NCCN3CCCC3)s2)n1. The highest BCUT2D eigenvalue weighted by atomic mass is 32.1. The van der Waals surface area contributed by atoms with Crippen LogP contribution in [0.25, 0.3) is 10.6 Å². The minimum Gasteiger partial charge on any atom is -0.477 e. The van der Waals surface area contributed by atoms with Crippen LogP contribution in [0.4, 0.5) is 0 Å². The minimum atomic E-state index is -0.139. The van der Waals surface area contributed by atoms with Crippen LogP contribution in [-0.2, 0) is 0 Å². The summed E-state index contributed by atoms with van der Waals surface area (Å²) in [5.41, 5.74) is 0.662. The predicted octanol–water partition coefficient (Wildman–Crippen LogP) is 1.82. The number of carbonyl (C=O) groups excluding carboxylic acids is 1. The molecule has 128 valence electrons. The van der Waals surface area contributed by atoms with E-state index in [-0.39, 0.29) is 5.91 Å². The third kappa shape index (κ3) is 4.27. The van der Waals surface area contributed by atoms with E-state index in [2.05, 4.69) is 25.2 Å². The summed E-state index contributed by atoms with van der Waals surface area (Å²) >= 11 is 1.31. The molecule has 3 heterocycles. The molecule has 24 heavy (non-hydrogen) atoms. The Hall–Kier alpha value is -2.06. The fourth-order valence-corrected chi connectivity index (χ4v) is 3.38. The molecule has 1 saturated heterocycles. The number of thiazole rings is 1. The van der Waals surface area contributed by atoms with Gasteiger partial charge in [0, 0.05) is 19.3 Å². The maximum atomic E-state index is 12.2. The van der Waals surface area contributed by atoms with Crippen LogP contribution in [-0.4, -0.2) is 58.5 Å². The Labute approximate surface area is 145 Å². The average molecular weight is 347 g/mol. The highest BCUT2D eigenvalue weighted by Gasteiger charge is 2.15. The molecule has 0 aromatic carbocycles. The van der Waals surface area contributed by atoms with Crippen LogP contribution >= 0.6 is 11.3 Å². The van der Waals surface area contributed by atoms with Crippen LogP contribution in [0.15, 0.2) is 18.6 Å². The summed E-state index contributed by atoms with van der Waals surface area (Å²) < 4.78 is 5.35. The maximum Gasteiger partial charge on any atom is 0.280 e. The molecule has 1 aliphatic rings. The Morgan fingerprint density at radius 1 is 1.33 bits per heavy atom. The smallest absolute Gasteiger partial charge is 0.280 e. The zero-order valence-electron chi connectivity index (χ0n) is 13.7. The van der Waals surface area contributed by atoms with E-state index >= 15 is 0 Å². The first-order valence-electron chi connectivity index (χ1n) is 8.18. The van der Waals surface area contributed by atoms with E-state index in [1.165, 1.54) is 24.2 Å². The molecule has 1 aliphatic heterocycles. The molecule has 0 atom stereocenters. The molecule has 0 saturated carbocycles. The van der Waals surface area contributed by atoms with Gasteiger partial charge in [0.15, 0.2) is 5.01 Å². The molecule has 0 bridgehead atoms. The molecule has 7 nitrogen and oxygen atoms in total. The molecule has 0 unspecified atom stereocenters. The maximum absolute atomic E-state index is 12.2. The number of aromatic nitrogens is 3. The van der Waals surface area contributed by atoms with Crippen LogP contribution in [0.2, 0.25) is 0 Å². The number of ether oxygens (including phenoxy) is 1. The van der Waals surface area contributed by atoms with Crippen LogP contribution in [0.5, 0.6) is 5.88 Å². The third-order valence-corrected chi connectivity index (χ3v) is 4.79. The fourth-order valence-electron chi connectivity index (χ4n) is 2.59. The van der Waals surface area contributed by atoms with Gasteiger partial charge in [0.05, 0.1) is 23.9 Å². The largest absolute Gasteiger partial charge is 0.477 e. The molecule has 1 fully saturated rings. The molecule has 2 aromatic heterocycles. The van der Waals surface area contributed by atoms with Gasteiger partial charge in [0.1, 0.15) is 5.69 Å². The Balaban J connectivity index is 1.57. The van der Waals surface area contributed by atoms with Crippen LogP contribution in [0.3, 0.4) is 0 Å². The van der Waals surface area contributed by atoms with E-state index in [0.717, 1.165) is 24.5 Å². The first kappa shape index (κ1) is 16.8. The van der Waals surface area contributed by atoms with Gasteiger partial charge in [0.2, 0.25) is 5.88 Å². The van der Waals surface area contributed by atoms with E-state index in [0.29, 0.717) is 29.7 Å². The molecule has 2 aromatic rings. The van der Waals surface area contributed by atoms with Crippen LogP contribution < -0.4 is 10.1 Å². The van der Waals surface area contributed by atoms with Crippen molar-refractivity contribution in [1.29, 1.82) is 0 Å². The quantitative estimate of drug-likeness (QED) is 0.823. The summed E-state index contributed by atoms with van der Waals surface area (Å²) in [6.45, 7) is 6.23. The third-order valence-electron chi connectivity index (χ3n) is 3.77. The van der Waals surface area contributed by atoms with Gasteiger partial charge in [-0.2, -0.15) is 0 Å². The highest BCUT2D eigenvalue weighted by Crippen LogP contribution is 2.25. The van der Waals surface area contributed by atoms with Crippen molar-refractivity contribution < 1.29 is 9.53 Å². The van der Waals surface area contributed by atoms with Crippen LogP contribution in [0.1, 0.15) is 29.6 Å². The van der Waals surface area contributed by atoms with Gasteiger partial charge in [-0.1, -0.05) is 0 Å². The lowest BCUT2D eigenvalue weighted by Gasteiger charge is -2.14. The monoisotopic (exact) mass is 347 g/mol. The second-order valence-corrected chi connectivity index (χ2v) is 6.54. The minimum absolute atomic E-state index is 0.139. The molecule has 1 amide bonds. The molecular formula is C16H21N5O2S. The Morgan fingerprint density at radius 3 is 2.96 bits per heavy atom. The van der Waals surface area contributed by atoms with Gasteiger partial charge in [-0.05, 0) is 32.9 Å². The summed E-state index contributed by atoms with van der Waals surface area (Å²) in [6.07, 6.45) is 7.38. The van der Waals surface area contributed by atoms with Crippen LogP contribution in [0, 0.1) is 0 Å². The molecule has 0 spiro atoms. The van der Waals surface area contributed by atoms with E-state index in [9.17, 15) is 4.79 Å². The van der Waals surface area contributed by atoms with Gasteiger partial charge >= 0.3 is 0 Å². The zero-order valence-corrected chi connectivity index (χ0v) is 14.5. The van der Waals surface area contributed by atoms with Crippen molar-refractivity contribution in [2.24, 2.45) is 0 Å². The second-order valence-electron chi connectivity index (χ2n) is 5.51. The topological polar surface area (TPSA) is 80.2 Å². The standard InChI is InChI=1S/C16H21N5O2S/c1-2-23-14-11-17-9-12(20-14)13-10-19-16(24-13)15(22)18-5-8-21-6-3-4-7-21/h9-11H,2-8H2,1H3,(H,18,22). The molecule has 1 N–H and O–H groups in total. The van der Waals surface area contributed by atoms with E-state index in [4.69, 9.17) is 4.74 Å². The molecule has 0 aliphatic carbocycles. The fraction of sp³-hybridized carbons (Fsp3) is 0.500. The van der Waals surface area contributed by atoms with Gasteiger partial charge in [-0.25, -0.2) is 9.97 Å². The van der Waals surface area contributed by atoms with E-state index < -0.39 is 0 Å². The molecule has 0 radical (unpaired) electrons. The summed E-state index contributed by atoms with van der Waals surface area (Å²) in [5, 5.41) is 3.37. The number of hydrogen-bond acceptors (Lipinski definition) is 7. The number of carbonyl (C=O) groups is 1. The Morgan fingerprint density at radius 2 is 2.17 bits per heavy atom. The lowest BCUT2D eigenvalue weighted by Crippen LogP contribution is -2.33. The van der Waals surface area contributed by atoms with Gasteiger partial charge in [0.25, 0.3) is 5.91 Å². The number of rotatable bonds is 7. The van der Waals surface area contributed by atoms with Gasteiger partial charge < -0.3 is 15.0 Å². The normalized spacial score (nSPS) is 14.7. The summed E-state index contributed by atoms with van der Waals surface area (Å²) in [6, 6.07) is 0. The van der Waals surface area contributed by atoms with Gasteiger partial charge in [-0.3, -0.25) is 9.78 Å². The number of amides is 1. The Kier molecular flexibility index (Phi) is 5.71. The number of nitrogens with zero attached hydrogens (tertiary/aromatic N) is 4. The first-order chi connectivity index (χ1) is 11.8. The molecular weight excluding hydrogens is 326 g/mol. The lowest BCUT2D eigenvalue weighted by atomic mass is 10.4. The average Bonchev–Trinajstić information content (AvgIpc) is 3.27. The first-order valence-corrected chi connectivity index (χ1v) is 8.99. The Bertz CT molecular complexity index is 685. The van der Waals surface area contributed by atoms with Gasteiger partial charge in [-0.15, -0.1) is 11.3 Å².